The molecule has 3 heterocycles. The minimum absolute atomic E-state index is 0.369. The molecule has 1 aliphatic heterocycles. The lowest BCUT2D eigenvalue weighted by molar-refractivity contribution is -0.150. The van der Waals surface area contributed by atoms with E-state index in [2.05, 4.69) is 9.88 Å². The molecule has 0 saturated carbocycles. The Morgan fingerprint density at radius 3 is 2.93 bits per heavy atom. The Morgan fingerprint density at radius 1 is 1.26 bits per heavy atom. The third kappa shape index (κ3) is 3.47. The average Bonchev–Trinajstić information content (AvgIpc) is 3.18. The first-order valence-corrected chi connectivity index (χ1v) is 9.16. The van der Waals surface area contributed by atoms with Gasteiger partial charge < -0.3 is 19.2 Å². The first kappa shape index (κ1) is 17.4. The van der Waals surface area contributed by atoms with Gasteiger partial charge >= 0.3 is 5.97 Å². The van der Waals surface area contributed by atoms with Crippen molar-refractivity contribution in [3.05, 3.63) is 54.9 Å². The van der Waals surface area contributed by atoms with Crippen LogP contribution in [0.2, 0.25) is 0 Å². The van der Waals surface area contributed by atoms with Gasteiger partial charge in [-0.15, -0.1) is 0 Å². The number of anilines is 1. The Kier molecular flexibility index (Phi) is 4.71. The number of para-hydroxylation sites is 1. The highest BCUT2D eigenvalue weighted by atomic mass is 16.5. The standard InChI is InChI=1S/C21H22N2O4/c24-20(25)21(10-14-26-16-5-2-1-3-6-16)9-4-12-23(15-21)19-17-8-13-27-18(17)7-11-22-19/h1-3,5-8,11,13H,4,9-10,12,14-15H2,(H,24,25)/t21-/m1/s1. The number of benzene rings is 1. The van der Waals surface area contributed by atoms with E-state index in [1.54, 1.807) is 12.5 Å². The molecule has 1 saturated heterocycles. The van der Waals surface area contributed by atoms with Crippen LogP contribution in [0.25, 0.3) is 11.0 Å². The molecule has 0 aliphatic carbocycles. The summed E-state index contributed by atoms with van der Waals surface area (Å²) < 4.78 is 11.2. The number of rotatable bonds is 6. The highest BCUT2D eigenvalue weighted by Gasteiger charge is 2.43. The molecule has 1 aromatic carbocycles. The van der Waals surface area contributed by atoms with E-state index in [4.69, 9.17) is 9.15 Å². The van der Waals surface area contributed by atoms with E-state index in [1.165, 1.54) is 0 Å². The van der Waals surface area contributed by atoms with Gasteiger partial charge in [-0.3, -0.25) is 4.79 Å². The van der Waals surface area contributed by atoms with Gasteiger partial charge in [-0.2, -0.15) is 0 Å². The molecule has 1 aliphatic rings. The second-order valence-corrected chi connectivity index (χ2v) is 6.99. The van der Waals surface area contributed by atoms with Crippen LogP contribution in [0.1, 0.15) is 19.3 Å². The van der Waals surface area contributed by atoms with Crippen LogP contribution in [0.5, 0.6) is 5.75 Å². The van der Waals surface area contributed by atoms with Crippen LogP contribution >= 0.6 is 0 Å². The number of carboxylic acids is 1. The summed E-state index contributed by atoms with van der Waals surface area (Å²) >= 11 is 0. The number of aromatic nitrogens is 1. The van der Waals surface area contributed by atoms with Gasteiger partial charge in [0.05, 0.1) is 23.7 Å². The van der Waals surface area contributed by atoms with E-state index in [-0.39, 0.29) is 0 Å². The molecule has 3 aromatic rings. The van der Waals surface area contributed by atoms with Crippen LogP contribution in [0, 0.1) is 5.41 Å². The molecule has 1 N–H and O–H groups in total. The topological polar surface area (TPSA) is 75.8 Å². The number of fused-ring (bicyclic) bond motifs is 1. The monoisotopic (exact) mass is 366 g/mol. The molecular weight excluding hydrogens is 344 g/mol. The van der Waals surface area contributed by atoms with Gasteiger partial charge in [0.15, 0.2) is 0 Å². The van der Waals surface area contributed by atoms with Crippen LogP contribution in [0.15, 0.2) is 59.3 Å². The van der Waals surface area contributed by atoms with E-state index < -0.39 is 11.4 Å². The van der Waals surface area contributed by atoms with Crippen molar-refractivity contribution < 1.29 is 19.1 Å². The number of pyridine rings is 1. The van der Waals surface area contributed by atoms with Crippen LogP contribution in [-0.4, -0.2) is 35.8 Å². The third-order valence-electron chi connectivity index (χ3n) is 5.28. The van der Waals surface area contributed by atoms with E-state index in [0.717, 1.165) is 35.5 Å². The van der Waals surface area contributed by atoms with Crippen molar-refractivity contribution in [3.63, 3.8) is 0 Å². The molecule has 0 amide bonds. The zero-order valence-corrected chi connectivity index (χ0v) is 15.0. The summed E-state index contributed by atoms with van der Waals surface area (Å²) in [6.07, 6.45) is 5.23. The van der Waals surface area contributed by atoms with Crippen molar-refractivity contribution in [3.8, 4) is 5.75 Å². The fourth-order valence-corrected chi connectivity index (χ4v) is 3.81. The fourth-order valence-electron chi connectivity index (χ4n) is 3.81. The number of hydrogen-bond donors (Lipinski definition) is 1. The molecule has 0 radical (unpaired) electrons. The molecular formula is C21H22N2O4. The van der Waals surface area contributed by atoms with Gasteiger partial charge in [0, 0.05) is 19.3 Å². The molecule has 6 nitrogen and oxygen atoms in total. The van der Waals surface area contributed by atoms with Gasteiger partial charge in [0.2, 0.25) is 0 Å². The molecule has 0 spiro atoms. The van der Waals surface area contributed by atoms with Crippen LogP contribution in [-0.2, 0) is 4.79 Å². The number of ether oxygens (including phenoxy) is 1. The lowest BCUT2D eigenvalue weighted by atomic mass is 9.77. The van der Waals surface area contributed by atoms with E-state index in [1.807, 2.05) is 42.5 Å². The second kappa shape index (κ2) is 7.31. The number of carboxylic acid groups (broad SMARTS) is 1. The van der Waals surface area contributed by atoms with Gasteiger partial charge in [-0.25, -0.2) is 4.98 Å². The van der Waals surface area contributed by atoms with Crippen molar-refractivity contribution in [1.29, 1.82) is 0 Å². The van der Waals surface area contributed by atoms with Crippen LogP contribution in [0.3, 0.4) is 0 Å². The summed E-state index contributed by atoms with van der Waals surface area (Å²) in [5.74, 6) is 0.773. The maximum Gasteiger partial charge on any atom is 0.311 e. The predicted octanol–water partition coefficient (Wildman–Crippen LogP) is 3.97. The summed E-state index contributed by atoms with van der Waals surface area (Å²) in [4.78, 5) is 18.8. The molecule has 1 fully saturated rings. The molecule has 4 rings (SSSR count). The van der Waals surface area contributed by atoms with Gasteiger partial charge in [0.25, 0.3) is 0 Å². The second-order valence-electron chi connectivity index (χ2n) is 6.99. The fraction of sp³-hybridized carbons (Fsp3) is 0.333. The summed E-state index contributed by atoms with van der Waals surface area (Å²) in [6, 6.07) is 13.2. The SMILES string of the molecule is O=C(O)[C@@]1(CCOc2ccccc2)CCCN(c2nccc3occc23)C1. The van der Waals surface area contributed by atoms with Crippen molar-refractivity contribution >= 4 is 22.8 Å². The van der Waals surface area contributed by atoms with Gasteiger partial charge in [-0.1, -0.05) is 18.2 Å². The summed E-state index contributed by atoms with van der Waals surface area (Å²) in [7, 11) is 0. The van der Waals surface area contributed by atoms with Crippen molar-refractivity contribution in [2.45, 2.75) is 19.3 Å². The maximum atomic E-state index is 12.2. The lowest BCUT2D eigenvalue weighted by Gasteiger charge is -2.40. The number of nitrogens with zero attached hydrogens (tertiary/aromatic N) is 2. The molecule has 6 heteroatoms. The maximum absolute atomic E-state index is 12.2. The highest BCUT2D eigenvalue weighted by Crippen LogP contribution is 2.37. The van der Waals surface area contributed by atoms with Gasteiger partial charge in [-0.05, 0) is 43.5 Å². The number of furan rings is 1. The van der Waals surface area contributed by atoms with E-state index in [0.29, 0.717) is 26.0 Å². The normalized spacial score (nSPS) is 19.9. The zero-order chi connectivity index (χ0) is 18.7. The predicted molar refractivity (Wildman–Crippen MR) is 102 cm³/mol. The quantitative estimate of drug-likeness (QED) is 0.711. The molecule has 1 atom stereocenters. The molecule has 140 valence electrons. The zero-order valence-electron chi connectivity index (χ0n) is 15.0. The Labute approximate surface area is 157 Å². The first-order chi connectivity index (χ1) is 13.2. The average molecular weight is 366 g/mol. The number of aliphatic carboxylic acids is 1. The van der Waals surface area contributed by atoms with E-state index in [9.17, 15) is 9.90 Å². The van der Waals surface area contributed by atoms with Gasteiger partial charge in [0.1, 0.15) is 17.2 Å². The molecule has 0 bridgehead atoms. The van der Waals surface area contributed by atoms with Crippen molar-refractivity contribution in [1.82, 2.24) is 4.98 Å². The lowest BCUT2D eigenvalue weighted by Crippen LogP contribution is -2.49. The number of carbonyl (C=O) groups is 1. The molecule has 0 unspecified atom stereocenters. The smallest absolute Gasteiger partial charge is 0.311 e. The summed E-state index contributed by atoms with van der Waals surface area (Å²) in [5.41, 5.74) is -0.0837. The number of hydrogen-bond acceptors (Lipinski definition) is 5. The minimum atomic E-state index is -0.847. The Bertz CT molecular complexity index is 924. The number of piperidine rings is 1. The summed E-state index contributed by atoms with van der Waals surface area (Å²) in [6.45, 7) is 1.57. The minimum Gasteiger partial charge on any atom is -0.494 e. The highest BCUT2D eigenvalue weighted by molar-refractivity contribution is 5.89. The largest absolute Gasteiger partial charge is 0.494 e. The third-order valence-corrected chi connectivity index (χ3v) is 5.28. The van der Waals surface area contributed by atoms with Crippen LogP contribution < -0.4 is 9.64 Å². The Morgan fingerprint density at radius 2 is 2.11 bits per heavy atom. The van der Waals surface area contributed by atoms with Crippen LogP contribution in [0.4, 0.5) is 5.82 Å². The Hall–Kier alpha value is -3.02. The van der Waals surface area contributed by atoms with Crippen molar-refractivity contribution in [2.75, 3.05) is 24.6 Å². The van der Waals surface area contributed by atoms with E-state index >= 15 is 0 Å². The first-order valence-electron chi connectivity index (χ1n) is 9.16. The summed E-state index contributed by atoms with van der Waals surface area (Å²) in [5, 5.41) is 10.9. The van der Waals surface area contributed by atoms with Crippen molar-refractivity contribution in [2.24, 2.45) is 5.41 Å². The Balaban J connectivity index is 1.52. The molecule has 27 heavy (non-hydrogen) atoms. The molecule has 2 aromatic heterocycles.